The Labute approximate surface area is 107 Å². The molecule has 0 aliphatic carbocycles. The van der Waals surface area contributed by atoms with Crippen LogP contribution >= 0.6 is 0 Å². The molecule has 19 heavy (non-hydrogen) atoms. The SMILES string of the molecule is O=C(O)c1cc(=O)c(OCc2ccc(F)cc2)c[nH]1. The first kappa shape index (κ1) is 12.8. The Hall–Kier alpha value is -2.63. The van der Waals surface area contributed by atoms with Crippen LogP contribution in [0.5, 0.6) is 5.75 Å². The number of aromatic nitrogens is 1. The lowest BCUT2D eigenvalue weighted by Crippen LogP contribution is -2.12. The number of pyridine rings is 1. The second kappa shape index (κ2) is 5.34. The van der Waals surface area contributed by atoms with Crippen molar-refractivity contribution >= 4 is 5.97 Å². The quantitative estimate of drug-likeness (QED) is 0.881. The van der Waals surface area contributed by atoms with Gasteiger partial charge in [-0.15, -0.1) is 0 Å². The van der Waals surface area contributed by atoms with E-state index < -0.39 is 11.4 Å². The molecule has 2 rings (SSSR count). The van der Waals surface area contributed by atoms with Gasteiger partial charge in [-0.05, 0) is 17.7 Å². The van der Waals surface area contributed by atoms with Crippen LogP contribution in [0, 0.1) is 5.82 Å². The summed E-state index contributed by atoms with van der Waals surface area (Å²) in [6, 6.07) is 6.60. The lowest BCUT2D eigenvalue weighted by Gasteiger charge is -2.05. The molecule has 98 valence electrons. The van der Waals surface area contributed by atoms with Crippen LogP contribution in [-0.2, 0) is 6.61 Å². The summed E-state index contributed by atoms with van der Waals surface area (Å²) < 4.78 is 17.9. The van der Waals surface area contributed by atoms with Gasteiger partial charge in [0.05, 0.1) is 0 Å². The standard InChI is InChI=1S/C13H10FNO4/c14-9-3-1-8(2-4-9)7-19-12-6-15-10(13(17)18)5-11(12)16/h1-6H,7H2,(H,15,16)(H,17,18). The maximum Gasteiger partial charge on any atom is 0.352 e. The van der Waals surface area contributed by atoms with Crippen molar-refractivity contribution in [1.82, 2.24) is 4.98 Å². The van der Waals surface area contributed by atoms with Gasteiger partial charge in [0.15, 0.2) is 5.75 Å². The molecule has 0 fully saturated rings. The Bertz CT molecular complexity index is 648. The zero-order chi connectivity index (χ0) is 13.8. The van der Waals surface area contributed by atoms with Crippen LogP contribution in [0.25, 0.3) is 0 Å². The summed E-state index contributed by atoms with van der Waals surface area (Å²) in [5.41, 5.74) is -0.0412. The molecule has 1 aromatic heterocycles. The molecule has 2 N–H and O–H groups in total. The van der Waals surface area contributed by atoms with Crippen LogP contribution in [0.2, 0.25) is 0 Å². The zero-order valence-electron chi connectivity index (χ0n) is 9.72. The number of carboxylic acids is 1. The van der Waals surface area contributed by atoms with Crippen molar-refractivity contribution in [1.29, 1.82) is 0 Å². The third kappa shape index (κ3) is 3.19. The van der Waals surface area contributed by atoms with Crippen LogP contribution in [0.1, 0.15) is 16.1 Å². The molecule has 0 atom stereocenters. The zero-order valence-corrected chi connectivity index (χ0v) is 9.72. The lowest BCUT2D eigenvalue weighted by atomic mass is 10.2. The van der Waals surface area contributed by atoms with Crippen LogP contribution in [0.15, 0.2) is 41.3 Å². The molecule has 2 aromatic rings. The number of ether oxygens (including phenoxy) is 1. The van der Waals surface area contributed by atoms with Crippen molar-refractivity contribution in [2.45, 2.75) is 6.61 Å². The molecule has 1 aromatic carbocycles. The average molecular weight is 263 g/mol. The minimum absolute atomic E-state index is 0.00863. The Morgan fingerprint density at radius 3 is 2.58 bits per heavy atom. The van der Waals surface area contributed by atoms with Crippen molar-refractivity contribution in [3.05, 3.63) is 63.8 Å². The molecular formula is C13H10FNO4. The van der Waals surface area contributed by atoms with Gasteiger partial charge in [-0.2, -0.15) is 0 Å². The second-order valence-corrected chi connectivity index (χ2v) is 3.80. The van der Waals surface area contributed by atoms with Crippen molar-refractivity contribution < 1.29 is 19.0 Å². The van der Waals surface area contributed by atoms with Crippen molar-refractivity contribution in [2.24, 2.45) is 0 Å². The summed E-state index contributed by atoms with van der Waals surface area (Å²) in [4.78, 5) is 24.6. The summed E-state index contributed by atoms with van der Waals surface area (Å²) >= 11 is 0. The maximum absolute atomic E-state index is 12.7. The molecule has 0 saturated heterocycles. The molecule has 0 aliphatic rings. The van der Waals surface area contributed by atoms with Crippen molar-refractivity contribution in [2.75, 3.05) is 0 Å². The van der Waals surface area contributed by atoms with Crippen LogP contribution < -0.4 is 10.2 Å². The summed E-state index contributed by atoms with van der Waals surface area (Å²) in [7, 11) is 0. The number of aromatic amines is 1. The summed E-state index contributed by atoms with van der Waals surface area (Å²) in [5, 5.41) is 8.69. The van der Waals surface area contributed by atoms with Gasteiger partial charge in [-0.1, -0.05) is 12.1 Å². The molecule has 0 unspecified atom stereocenters. The number of rotatable bonds is 4. The molecular weight excluding hydrogens is 253 g/mol. The topological polar surface area (TPSA) is 79.4 Å². The smallest absolute Gasteiger partial charge is 0.352 e. The highest BCUT2D eigenvalue weighted by Crippen LogP contribution is 2.08. The number of hydrogen-bond acceptors (Lipinski definition) is 3. The third-order valence-corrected chi connectivity index (χ3v) is 2.42. The first-order valence-electron chi connectivity index (χ1n) is 5.39. The molecule has 0 aliphatic heterocycles. The van der Waals surface area contributed by atoms with Crippen LogP contribution in [0.4, 0.5) is 4.39 Å². The van der Waals surface area contributed by atoms with Crippen molar-refractivity contribution in [3.63, 3.8) is 0 Å². The van der Waals surface area contributed by atoms with E-state index >= 15 is 0 Å². The largest absolute Gasteiger partial charge is 0.483 e. The van der Waals surface area contributed by atoms with Crippen molar-refractivity contribution in [3.8, 4) is 5.75 Å². The van der Waals surface area contributed by atoms with Gasteiger partial charge in [-0.3, -0.25) is 4.79 Å². The fraction of sp³-hybridized carbons (Fsp3) is 0.0769. The Balaban J connectivity index is 2.10. The molecule has 0 spiro atoms. The van der Waals surface area contributed by atoms with E-state index in [1.54, 1.807) is 0 Å². The first-order valence-corrected chi connectivity index (χ1v) is 5.39. The van der Waals surface area contributed by atoms with E-state index in [0.29, 0.717) is 5.56 Å². The van der Waals surface area contributed by atoms with Gasteiger partial charge in [-0.25, -0.2) is 9.18 Å². The molecule has 0 amide bonds. The molecule has 5 nitrogen and oxygen atoms in total. The number of aromatic carboxylic acids is 1. The predicted molar refractivity (Wildman–Crippen MR) is 64.8 cm³/mol. The summed E-state index contributed by atoms with van der Waals surface area (Å²) in [5.74, 6) is -1.57. The minimum Gasteiger partial charge on any atom is -0.483 e. The first-order chi connectivity index (χ1) is 9.06. The van der Waals surface area contributed by atoms with E-state index in [1.165, 1.54) is 30.5 Å². The van der Waals surface area contributed by atoms with Gasteiger partial charge in [0.1, 0.15) is 18.1 Å². The Morgan fingerprint density at radius 1 is 1.32 bits per heavy atom. The van der Waals surface area contributed by atoms with E-state index in [0.717, 1.165) is 6.07 Å². The number of H-pyrrole nitrogens is 1. The van der Waals surface area contributed by atoms with Crippen LogP contribution in [0.3, 0.4) is 0 Å². The highest BCUT2D eigenvalue weighted by atomic mass is 19.1. The number of nitrogens with one attached hydrogen (secondary N) is 1. The van der Waals surface area contributed by atoms with E-state index in [4.69, 9.17) is 9.84 Å². The van der Waals surface area contributed by atoms with E-state index in [-0.39, 0.29) is 23.9 Å². The molecule has 0 saturated carbocycles. The predicted octanol–water partition coefficient (Wildman–Crippen LogP) is 1.79. The fourth-order valence-electron chi connectivity index (χ4n) is 1.44. The number of hydrogen-bond donors (Lipinski definition) is 2. The Kier molecular flexibility index (Phi) is 3.61. The van der Waals surface area contributed by atoms with Gasteiger partial charge in [0.25, 0.3) is 0 Å². The van der Waals surface area contributed by atoms with E-state index in [1.807, 2.05) is 0 Å². The highest BCUT2D eigenvalue weighted by Gasteiger charge is 2.07. The number of carboxylic acid groups (broad SMARTS) is 1. The number of halogens is 1. The maximum atomic E-state index is 12.7. The Morgan fingerprint density at radius 2 is 2.00 bits per heavy atom. The fourth-order valence-corrected chi connectivity index (χ4v) is 1.44. The van der Waals surface area contributed by atoms with Crippen LogP contribution in [-0.4, -0.2) is 16.1 Å². The average Bonchev–Trinajstić information content (AvgIpc) is 2.39. The lowest BCUT2D eigenvalue weighted by molar-refractivity contribution is 0.0690. The van der Waals surface area contributed by atoms with Gasteiger partial charge in [0, 0.05) is 12.3 Å². The summed E-state index contributed by atoms with van der Waals surface area (Å²) in [6.07, 6.45) is 1.19. The molecule has 1 heterocycles. The van der Waals surface area contributed by atoms with Gasteiger partial charge in [0.2, 0.25) is 5.43 Å². The third-order valence-electron chi connectivity index (χ3n) is 2.42. The minimum atomic E-state index is -1.22. The number of benzene rings is 1. The molecule has 0 radical (unpaired) electrons. The van der Waals surface area contributed by atoms with E-state index in [2.05, 4.69) is 4.98 Å². The second-order valence-electron chi connectivity index (χ2n) is 3.80. The molecule has 0 bridgehead atoms. The van der Waals surface area contributed by atoms with Gasteiger partial charge >= 0.3 is 5.97 Å². The number of carbonyl (C=O) groups is 1. The monoisotopic (exact) mass is 263 g/mol. The van der Waals surface area contributed by atoms with E-state index in [9.17, 15) is 14.0 Å². The summed E-state index contributed by atoms with van der Waals surface area (Å²) in [6.45, 7) is 0.0930. The molecule has 6 heteroatoms. The normalized spacial score (nSPS) is 10.2. The van der Waals surface area contributed by atoms with Gasteiger partial charge < -0.3 is 14.8 Å². The highest BCUT2D eigenvalue weighted by molar-refractivity contribution is 5.85.